The molecule has 14 heavy (non-hydrogen) atoms. The fraction of sp³-hybridized carbons (Fsp3) is 0.0769. The quantitative estimate of drug-likeness (QED) is 0.699. The van der Waals surface area contributed by atoms with Crippen molar-refractivity contribution in [1.29, 1.82) is 0 Å². The molecule has 0 atom stereocenters. The molecule has 0 nitrogen and oxygen atoms in total. The molecule has 0 unspecified atom stereocenters. The lowest BCUT2D eigenvalue weighted by Crippen LogP contribution is -1.81. The van der Waals surface area contributed by atoms with E-state index in [1.54, 1.807) is 0 Å². The SMILES string of the molecule is Cc1ccccc1-c1cccc(Br)c1. The summed E-state index contributed by atoms with van der Waals surface area (Å²) in [6.07, 6.45) is 0. The molecule has 0 N–H and O–H groups in total. The van der Waals surface area contributed by atoms with E-state index in [0.29, 0.717) is 0 Å². The number of hydrogen-bond acceptors (Lipinski definition) is 0. The molecule has 1 heteroatoms. The monoisotopic (exact) mass is 246 g/mol. The normalized spacial score (nSPS) is 10.1. The molecule has 0 saturated carbocycles. The van der Waals surface area contributed by atoms with Crippen LogP contribution in [0.5, 0.6) is 0 Å². The summed E-state index contributed by atoms with van der Waals surface area (Å²) in [6.45, 7) is 2.14. The zero-order chi connectivity index (χ0) is 9.97. The fourth-order valence-electron chi connectivity index (χ4n) is 1.55. The first kappa shape index (κ1) is 9.47. The molecule has 0 aromatic heterocycles. The third-order valence-electron chi connectivity index (χ3n) is 2.28. The van der Waals surface area contributed by atoms with Gasteiger partial charge >= 0.3 is 0 Å². The second kappa shape index (κ2) is 3.97. The van der Waals surface area contributed by atoms with E-state index in [9.17, 15) is 0 Å². The maximum absolute atomic E-state index is 3.48. The van der Waals surface area contributed by atoms with E-state index in [0.717, 1.165) is 4.47 Å². The van der Waals surface area contributed by atoms with Gasteiger partial charge in [0.2, 0.25) is 0 Å². The Morgan fingerprint density at radius 3 is 2.43 bits per heavy atom. The van der Waals surface area contributed by atoms with Gasteiger partial charge in [-0.1, -0.05) is 52.3 Å². The maximum Gasteiger partial charge on any atom is 0.0181 e. The van der Waals surface area contributed by atoms with Crippen LogP contribution in [0.2, 0.25) is 0 Å². The molecule has 0 heterocycles. The van der Waals surface area contributed by atoms with Crippen molar-refractivity contribution in [3.8, 4) is 11.1 Å². The van der Waals surface area contributed by atoms with Gasteiger partial charge in [0.05, 0.1) is 0 Å². The Kier molecular flexibility index (Phi) is 2.69. The van der Waals surface area contributed by atoms with E-state index >= 15 is 0 Å². The van der Waals surface area contributed by atoms with Crippen LogP contribution in [0.1, 0.15) is 5.56 Å². The minimum Gasteiger partial charge on any atom is -0.0620 e. The highest BCUT2D eigenvalue weighted by molar-refractivity contribution is 9.10. The lowest BCUT2D eigenvalue weighted by atomic mass is 10.0. The zero-order valence-corrected chi connectivity index (χ0v) is 9.58. The Bertz CT molecular complexity index is 446. The van der Waals surface area contributed by atoms with Crippen LogP contribution >= 0.6 is 15.9 Å². The molecule has 2 aromatic rings. The molecule has 0 aliphatic carbocycles. The molecule has 0 aliphatic heterocycles. The summed E-state index contributed by atoms with van der Waals surface area (Å²) in [7, 11) is 0. The maximum atomic E-state index is 3.48. The van der Waals surface area contributed by atoms with Gasteiger partial charge in [-0.15, -0.1) is 0 Å². The molecule has 0 bridgehead atoms. The Morgan fingerprint density at radius 1 is 0.929 bits per heavy atom. The summed E-state index contributed by atoms with van der Waals surface area (Å²) < 4.78 is 1.12. The first-order valence-electron chi connectivity index (χ1n) is 4.59. The van der Waals surface area contributed by atoms with Gasteiger partial charge in [-0.3, -0.25) is 0 Å². The molecule has 0 aliphatic rings. The Hall–Kier alpha value is -1.08. The molecule has 0 spiro atoms. The second-order valence-electron chi connectivity index (χ2n) is 3.33. The van der Waals surface area contributed by atoms with Crippen molar-refractivity contribution >= 4 is 15.9 Å². The van der Waals surface area contributed by atoms with Gasteiger partial charge in [-0.25, -0.2) is 0 Å². The highest BCUT2D eigenvalue weighted by atomic mass is 79.9. The minimum atomic E-state index is 1.12. The van der Waals surface area contributed by atoms with Crippen molar-refractivity contribution in [1.82, 2.24) is 0 Å². The first-order valence-corrected chi connectivity index (χ1v) is 5.38. The fourth-order valence-corrected chi connectivity index (χ4v) is 1.95. The van der Waals surface area contributed by atoms with Crippen LogP contribution in [0.3, 0.4) is 0 Å². The Labute approximate surface area is 92.7 Å². The van der Waals surface area contributed by atoms with Gasteiger partial charge in [-0.2, -0.15) is 0 Å². The van der Waals surface area contributed by atoms with Gasteiger partial charge in [0.15, 0.2) is 0 Å². The van der Waals surface area contributed by atoms with Crippen LogP contribution in [0.4, 0.5) is 0 Å². The lowest BCUT2D eigenvalue weighted by Gasteiger charge is -2.05. The summed E-state index contributed by atoms with van der Waals surface area (Å²) in [5.74, 6) is 0. The highest BCUT2D eigenvalue weighted by Crippen LogP contribution is 2.25. The van der Waals surface area contributed by atoms with E-state index in [1.165, 1.54) is 16.7 Å². The van der Waals surface area contributed by atoms with Crippen molar-refractivity contribution < 1.29 is 0 Å². The highest BCUT2D eigenvalue weighted by Gasteiger charge is 2.00. The van der Waals surface area contributed by atoms with E-state index in [2.05, 4.69) is 65.3 Å². The van der Waals surface area contributed by atoms with Gasteiger partial charge in [0.25, 0.3) is 0 Å². The summed E-state index contributed by atoms with van der Waals surface area (Å²) in [6, 6.07) is 16.8. The molecule has 0 radical (unpaired) electrons. The predicted octanol–water partition coefficient (Wildman–Crippen LogP) is 4.42. The summed E-state index contributed by atoms with van der Waals surface area (Å²) in [4.78, 5) is 0. The van der Waals surface area contributed by atoms with Gasteiger partial charge in [0.1, 0.15) is 0 Å². The number of hydrogen-bond donors (Lipinski definition) is 0. The van der Waals surface area contributed by atoms with Crippen LogP contribution < -0.4 is 0 Å². The average Bonchev–Trinajstić information content (AvgIpc) is 2.18. The van der Waals surface area contributed by atoms with E-state index in [1.807, 2.05) is 6.07 Å². The molecular formula is C13H11Br. The van der Waals surface area contributed by atoms with Gasteiger partial charge in [-0.05, 0) is 35.7 Å². The number of benzene rings is 2. The summed E-state index contributed by atoms with van der Waals surface area (Å²) in [5.41, 5.74) is 3.87. The largest absolute Gasteiger partial charge is 0.0620 e. The van der Waals surface area contributed by atoms with Crippen LogP contribution in [-0.4, -0.2) is 0 Å². The van der Waals surface area contributed by atoms with E-state index in [4.69, 9.17) is 0 Å². The summed E-state index contributed by atoms with van der Waals surface area (Å²) >= 11 is 3.48. The smallest absolute Gasteiger partial charge is 0.0181 e. The minimum absolute atomic E-state index is 1.12. The second-order valence-corrected chi connectivity index (χ2v) is 4.24. The van der Waals surface area contributed by atoms with Crippen LogP contribution in [0.25, 0.3) is 11.1 Å². The third-order valence-corrected chi connectivity index (χ3v) is 2.77. The van der Waals surface area contributed by atoms with Crippen molar-refractivity contribution in [2.75, 3.05) is 0 Å². The molecular weight excluding hydrogens is 236 g/mol. The Morgan fingerprint density at radius 2 is 1.71 bits per heavy atom. The van der Waals surface area contributed by atoms with Crippen molar-refractivity contribution in [3.05, 3.63) is 58.6 Å². The number of rotatable bonds is 1. The topological polar surface area (TPSA) is 0 Å². The van der Waals surface area contributed by atoms with Crippen molar-refractivity contribution in [3.63, 3.8) is 0 Å². The zero-order valence-electron chi connectivity index (χ0n) is 8.00. The molecule has 70 valence electrons. The number of halogens is 1. The van der Waals surface area contributed by atoms with Gasteiger partial charge in [0, 0.05) is 4.47 Å². The average molecular weight is 247 g/mol. The molecule has 2 aromatic carbocycles. The van der Waals surface area contributed by atoms with Crippen LogP contribution in [-0.2, 0) is 0 Å². The summed E-state index contributed by atoms with van der Waals surface area (Å²) in [5, 5.41) is 0. The third kappa shape index (κ3) is 1.88. The molecule has 2 rings (SSSR count). The van der Waals surface area contributed by atoms with E-state index < -0.39 is 0 Å². The standard InChI is InChI=1S/C13H11Br/c1-10-5-2-3-8-13(10)11-6-4-7-12(14)9-11/h2-9H,1H3. The first-order chi connectivity index (χ1) is 6.77. The van der Waals surface area contributed by atoms with Gasteiger partial charge < -0.3 is 0 Å². The van der Waals surface area contributed by atoms with E-state index in [-0.39, 0.29) is 0 Å². The number of aryl methyl sites for hydroxylation is 1. The molecule has 0 saturated heterocycles. The predicted molar refractivity (Wildman–Crippen MR) is 64.3 cm³/mol. The van der Waals surface area contributed by atoms with Crippen molar-refractivity contribution in [2.24, 2.45) is 0 Å². The van der Waals surface area contributed by atoms with Crippen LogP contribution in [0, 0.1) is 6.92 Å². The van der Waals surface area contributed by atoms with Crippen LogP contribution in [0.15, 0.2) is 53.0 Å². The van der Waals surface area contributed by atoms with Crippen molar-refractivity contribution in [2.45, 2.75) is 6.92 Å². The molecule has 0 amide bonds. The Balaban J connectivity index is 2.55. The lowest BCUT2D eigenvalue weighted by molar-refractivity contribution is 1.45. The molecule has 0 fully saturated rings.